The van der Waals surface area contributed by atoms with Gasteiger partial charge in [0.25, 0.3) is 0 Å². The summed E-state index contributed by atoms with van der Waals surface area (Å²) in [6.07, 6.45) is 2.27. The lowest BCUT2D eigenvalue weighted by Gasteiger charge is -2.08. The second-order valence-corrected chi connectivity index (χ2v) is 4.69. The quantitative estimate of drug-likeness (QED) is 0.380. The fraction of sp³-hybridized carbons (Fsp3) is 0.300. The maximum absolute atomic E-state index is 6.15. The highest BCUT2D eigenvalue weighted by molar-refractivity contribution is 9.10. The topological polar surface area (TPSA) is 50.4 Å². The lowest BCUT2D eigenvalue weighted by Crippen LogP contribution is -2.31. The molecule has 15 heavy (non-hydrogen) atoms. The van der Waals surface area contributed by atoms with Crippen LogP contribution in [0.3, 0.4) is 0 Å². The molecule has 0 aromatic heterocycles. The highest BCUT2D eigenvalue weighted by Gasteiger charge is 2.22. The Morgan fingerprint density at radius 2 is 2.27 bits per heavy atom. The normalized spacial score (nSPS) is 16.6. The lowest BCUT2D eigenvalue weighted by molar-refractivity contribution is 0.971. The molecule has 0 aliphatic heterocycles. The smallest absolute Gasteiger partial charge is 0.144 e. The van der Waals surface area contributed by atoms with Crippen LogP contribution in [0.5, 0.6) is 0 Å². The molecular weight excluding hydrogens is 277 g/mol. The zero-order valence-electron chi connectivity index (χ0n) is 8.00. The fourth-order valence-corrected chi connectivity index (χ4v) is 1.84. The van der Waals surface area contributed by atoms with Crippen molar-refractivity contribution in [3.05, 3.63) is 33.3 Å². The Labute approximate surface area is 102 Å². The molecule has 3 N–H and O–H groups in total. The molecule has 3 nitrogen and oxygen atoms in total. The van der Waals surface area contributed by atoms with Crippen LogP contribution in [0.25, 0.3) is 0 Å². The minimum atomic E-state index is 0.408. The van der Waals surface area contributed by atoms with E-state index in [1.54, 1.807) is 0 Å². The van der Waals surface area contributed by atoms with Gasteiger partial charge >= 0.3 is 0 Å². The van der Waals surface area contributed by atoms with E-state index in [2.05, 4.69) is 26.3 Å². The third-order valence-corrected chi connectivity index (χ3v) is 3.50. The van der Waals surface area contributed by atoms with Crippen LogP contribution >= 0.6 is 27.5 Å². The van der Waals surface area contributed by atoms with Gasteiger partial charge in [-0.3, -0.25) is 4.99 Å². The van der Waals surface area contributed by atoms with Crippen LogP contribution in [0.4, 0.5) is 0 Å². The summed E-state index contributed by atoms with van der Waals surface area (Å²) in [5.41, 5.74) is 3.44. The van der Waals surface area contributed by atoms with E-state index >= 15 is 0 Å². The molecule has 0 heterocycles. The van der Waals surface area contributed by atoms with Gasteiger partial charge in [-0.2, -0.15) is 0 Å². The third kappa shape index (κ3) is 2.51. The average molecular weight is 289 g/mol. The van der Waals surface area contributed by atoms with Crippen molar-refractivity contribution >= 4 is 33.4 Å². The Morgan fingerprint density at radius 3 is 2.87 bits per heavy atom. The summed E-state index contributed by atoms with van der Waals surface area (Å²) in [5.74, 6) is 6.10. The third-order valence-electron chi connectivity index (χ3n) is 2.20. The van der Waals surface area contributed by atoms with Gasteiger partial charge in [0.1, 0.15) is 5.84 Å². The monoisotopic (exact) mass is 287 g/mol. The van der Waals surface area contributed by atoms with E-state index in [9.17, 15) is 0 Å². The van der Waals surface area contributed by atoms with E-state index in [1.165, 1.54) is 0 Å². The van der Waals surface area contributed by atoms with Crippen molar-refractivity contribution in [2.45, 2.75) is 18.9 Å². The Kier molecular flexibility index (Phi) is 3.29. The second kappa shape index (κ2) is 4.51. The van der Waals surface area contributed by atoms with Crippen LogP contribution in [-0.2, 0) is 0 Å². The summed E-state index contributed by atoms with van der Waals surface area (Å²) in [6, 6.07) is 6.10. The molecule has 0 atom stereocenters. The van der Waals surface area contributed by atoms with Crippen LogP contribution in [0.1, 0.15) is 18.4 Å². The molecule has 0 radical (unpaired) electrons. The number of hydrogen-bond donors (Lipinski definition) is 2. The van der Waals surface area contributed by atoms with Gasteiger partial charge in [0.15, 0.2) is 0 Å². The molecule has 0 spiro atoms. The second-order valence-electron chi connectivity index (χ2n) is 3.45. The SMILES string of the molecule is NNC(=NC1CC1)c1cccc(Br)c1Cl. The average Bonchev–Trinajstić information content (AvgIpc) is 3.03. The molecule has 0 amide bonds. The van der Waals surface area contributed by atoms with E-state index in [-0.39, 0.29) is 0 Å². The Bertz CT molecular complexity index is 402. The largest absolute Gasteiger partial charge is 0.308 e. The number of hydrazine groups is 1. The van der Waals surface area contributed by atoms with Gasteiger partial charge in [0.05, 0.1) is 11.1 Å². The number of benzene rings is 1. The van der Waals surface area contributed by atoms with Crippen LogP contribution in [-0.4, -0.2) is 11.9 Å². The van der Waals surface area contributed by atoms with Crippen molar-refractivity contribution < 1.29 is 0 Å². The fourth-order valence-electron chi connectivity index (χ4n) is 1.26. The zero-order chi connectivity index (χ0) is 10.8. The first-order valence-electron chi connectivity index (χ1n) is 4.71. The number of nitrogens with zero attached hydrogens (tertiary/aromatic N) is 1. The van der Waals surface area contributed by atoms with Crippen LogP contribution in [0, 0.1) is 0 Å². The number of rotatable bonds is 2. The predicted octanol–water partition coefficient (Wildman–Crippen LogP) is 2.47. The minimum Gasteiger partial charge on any atom is -0.308 e. The first-order valence-corrected chi connectivity index (χ1v) is 5.88. The summed E-state index contributed by atoms with van der Waals surface area (Å²) >= 11 is 9.52. The van der Waals surface area contributed by atoms with Gasteiger partial charge in [0.2, 0.25) is 0 Å². The van der Waals surface area contributed by atoms with E-state index in [0.717, 1.165) is 22.9 Å². The molecule has 1 aromatic carbocycles. The maximum atomic E-state index is 6.15. The summed E-state index contributed by atoms with van der Waals surface area (Å²) in [6.45, 7) is 0. The van der Waals surface area contributed by atoms with Gasteiger partial charge in [-0.15, -0.1) is 0 Å². The highest BCUT2D eigenvalue weighted by Crippen LogP contribution is 2.28. The van der Waals surface area contributed by atoms with Crippen molar-refractivity contribution in [3.8, 4) is 0 Å². The molecular formula is C10H11BrClN3. The Morgan fingerprint density at radius 1 is 1.53 bits per heavy atom. The van der Waals surface area contributed by atoms with Crippen LogP contribution < -0.4 is 11.3 Å². The minimum absolute atomic E-state index is 0.408. The molecule has 80 valence electrons. The summed E-state index contributed by atoms with van der Waals surface area (Å²) in [5, 5.41) is 0.634. The van der Waals surface area contributed by atoms with Gasteiger partial charge in [-0.25, -0.2) is 5.84 Å². The summed E-state index contributed by atoms with van der Waals surface area (Å²) < 4.78 is 0.848. The Hall–Kier alpha value is -0.580. The Balaban J connectivity index is 2.37. The number of nitrogens with one attached hydrogen (secondary N) is 1. The van der Waals surface area contributed by atoms with Gasteiger partial charge < -0.3 is 5.43 Å². The van der Waals surface area contributed by atoms with Crippen LogP contribution in [0.2, 0.25) is 5.02 Å². The molecule has 0 saturated heterocycles. The van der Waals surface area contributed by atoms with E-state index in [0.29, 0.717) is 16.9 Å². The molecule has 0 bridgehead atoms. The molecule has 1 aliphatic rings. The zero-order valence-corrected chi connectivity index (χ0v) is 10.3. The summed E-state index contributed by atoms with van der Waals surface area (Å²) in [4.78, 5) is 4.45. The van der Waals surface area contributed by atoms with Crippen LogP contribution in [0.15, 0.2) is 27.7 Å². The first kappa shape index (κ1) is 10.9. The molecule has 1 aromatic rings. The van der Waals surface area contributed by atoms with Crippen molar-refractivity contribution in [2.24, 2.45) is 10.8 Å². The lowest BCUT2D eigenvalue weighted by atomic mass is 10.2. The van der Waals surface area contributed by atoms with Gasteiger partial charge in [0, 0.05) is 10.0 Å². The van der Waals surface area contributed by atoms with Gasteiger partial charge in [-0.05, 0) is 40.9 Å². The van der Waals surface area contributed by atoms with Crippen molar-refractivity contribution in [1.29, 1.82) is 0 Å². The molecule has 1 saturated carbocycles. The summed E-state index contributed by atoms with van der Waals surface area (Å²) in [7, 11) is 0. The van der Waals surface area contributed by atoms with Crippen molar-refractivity contribution in [1.82, 2.24) is 5.43 Å². The highest BCUT2D eigenvalue weighted by atomic mass is 79.9. The molecule has 1 aliphatic carbocycles. The number of amidine groups is 1. The van der Waals surface area contributed by atoms with E-state index in [4.69, 9.17) is 17.4 Å². The predicted molar refractivity (Wildman–Crippen MR) is 66.0 cm³/mol. The standard InChI is InChI=1S/C10H11BrClN3/c11-8-3-1-2-7(9(8)12)10(15-13)14-6-4-5-6/h1-3,6H,4-5,13H2,(H,14,15). The number of hydrogen-bond acceptors (Lipinski definition) is 2. The number of aliphatic imine (C=N–C) groups is 1. The molecule has 2 rings (SSSR count). The number of nitrogens with two attached hydrogens (primary N) is 1. The number of halogens is 2. The first-order chi connectivity index (χ1) is 7.22. The van der Waals surface area contributed by atoms with Crippen molar-refractivity contribution in [2.75, 3.05) is 0 Å². The molecule has 1 fully saturated rings. The van der Waals surface area contributed by atoms with E-state index in [1.807, 2.05) is 18.2 Å². The van der Waals surface area contributed by atoms with Crippen molar-refractivity contribution in [3.63, 3.8) is 0 Å². The molecule has 5 heteroatoms. The molecule has 0 unspecified atom stereocenters. The van der Waals surface area contributed by atoms with Gasteiger partial charge in [-0.1, -0.05) is 17.7 Å². The van der Waals surface area contributed by atoms with E-state index < -0.39 is 0 Å². The maximum Gasteiger partial charge on any atom is 0.144 e.